The minimum Gasteiger partial charge on any atom is -0.338 e. The number of pyridine rings is 2. The van der Waals surface area contributed by atoms with E-state index < -0.39 is 0 Å². The van der Waals surface area contributed by atoms with Crippen molar-refractivity contribution < 1.29 is 0 Å². The van der Waals surface area contributed by atoms with Crippen molar-refractivity contribution in [3.8, 4) is 0 Å². The van der Waals surface area contributed by atoms with Crippen LogP contribution >= 0.6 is 27.5 Å². The van der Waals surface area contributed by atoms with Gasteiger partial charge in [-0.05, 0) is 59.3 Å². The Morgan fingerprint density at radius 1 is 1.15 bits per heavy atom. The van der Waals surface area contributed by atoms with Crippen molar-refractivity contribution in [3.63, 3.8) is 0 Å². The third kappa shape index (κ3) is 2.49. The average molecular weight is 349 g/mol. The van der Waals surface area contributed by atoms with Gasteiger partial charge in [0.05, 0.1) is 21.9 Å². The van der Waals surface area contributed by atoms with Crippen LogP contribution in [0.4, 0.5) is 11.5 Å². The zero-order valence-electron chi connectivity index (χ0n) is 10.7. The lowest BCUT2D eigenvalue weighted by molar-refractivity contribution is 1.18. The maximum absolute atomic E-state index is 6.19. The van der Waals surface area contributed by atoms with Gasteiger partial charge in [-0.15, -0.1) is 0 Å². The Labute approximate surface area is 130 Å². The molecule has 0 aliphatic carbocycles. The highest BCUT2D eigenvalue weighted by molar-refractivity contribution is 9.10. The van der Waals surface area contributed by atoms with E-state index in [9.17, 15) is 0 Å². The van der Waals surface area contributed by atoms with E-state index in [0.717, 1.165) is 32.6 Å². The maximum atomic E-state index is 6.19. The first-order chi connectivity index (χ1) is 9.65. The normalized spacial score (nSPS) is 10.8. The van der Waals surface area contributed by atoms with Gasteiger partial charge >= 0.3 is 0 Å². The van der Waals surface area contributed by atoms with Gasteiger partial charge in [-0.2, -0.15) is 0 Å². The Bertz CT molecular complexity index is 789. The number of anilines is 2. The molecule has 0 aliphatic heterocycles. The Morgan fingerprint density at radius 3 is 2.80 bits per heavy atom. The number of fused-ring (bicyclic) bond motifs is 1. The van der Waals surface area contributed by atoms with Crippen LogP contribution in [0.3, 0.4) is 0 Å². The number of nitrogens with one attached hydrogen (secondary N) is 1. The van der Waals surface area contributed by atoms with E-state index in [2.05, 4.69) is 31.2 Å². The molecule has 5 heteroatoms. The van der Waals surface area contributed by atoms with Crippen LogP contribution in [-0.4, -0.2) is 9.97 Å². The monoisotopic (exact) mass is 347 g/mol. The van der Waals surface area contributed by atoms with Crippen molar-refractivity contribution in [3.05, 3.63) is 57.8 Å². The first kappa shape index (κ1) is 13.3. The number of aryl methyl sites for hydroxylation is 1. The molecule has 2 aromatic heterocycles. The lowest BCUT2D eigenvalue weighted by atomic mass is 10.2. The molecule has 1 N–H and O–H groups in total. The van der Waals surface area contributed by atoms with E-state index in [-0.39, 0.29) is 0 Å². The third-order valence-electron chi connectivity index (χ3n) is 3.00. The van der Waals surface area contributed by atoms with Crippen molar-refractivity contribution in [2.24, 2.45) is 0 Å². The predicted octanol–water partition coefficient (Wildman–Crippen LogP) is 5.10. The number of hydrogen-bond donors (Lipinski definition) is 1. The SMILES string of the molecule is Cc1nc(Nc2ccc(Cl)c3cccnc23)ccc1Br. The largest absolute Gasteiger partial charge is 0.338 e. The molecule has 3 aromatic rings. The predicted molar refractivity (Wildman–Crippen MR) is 86.7 cm³/mol. The second kappa shape index (κ2) is 5.38. The second-order valence-corrected chi connectivity index (χ2v) is 5.64. The van der Waals surface area contributed by atoms with Gasteiger partial charge in [0.15, 0.2) is 0 Å². The second-order valence-electron chi connectivity index (χ2n) is 4.38. The van der Waals surface area contributed by atoms with E-state index in [1.165, 1.54) is 0 Å². The molecule has 0 saturated heterocycles. The quantitative estimate of drug-likeness (QED) is 0.700. The summed E-state index contributed by atoms with van der Waals surface area (Å²) in [4.78, 5) is 8.87. The van der Waals surface area contributed by atoms with Crippen LogP contribution in [0.5, 0.6) is 0 Å². The van der Waals surface area contributed by atoms with Gasteiger partial charge in [0.25, 0.3) is 0 Å². The number of aromatic nitrogens is 2. The van der Waals surface area contributed by atoms with Crippen LogP contribution in [0, 0.1) is 6.92 Å². The lowest BCUT2D eigenvalue weighted by Gasteiger charge is -2.10. The minimum atomic E-state index is 0.693. The third-order valence-corrected chi connectivity index (χ3v) is 4.17. The lowest BCUT2D eigenvalue weighted by Crippen LogP contribution is -1.97. The molecule has 0 atom stereocenters. The van der Waals surface area contributed by atoms with Gasteiger partial charge in [0.2, 0.25) is 0 Å². The van der Waals surface area contributed by atoms with Gasteiger partial charge in [-0.3, -0.25) is 4.98 Å². The number of benzene rings is 1. The number of rotatable bonds is 2. The number of nitrogens with zero attached hydrogens (tertiary/aromatic N) is 2. The summed E-state index contributed by atoms with van der Waals surface area (Å²) in [5.74, 6) is 0.778. The Morgan fingerprint density at radius 2 is 2.00 bits per heavy atom. The van der Waals surface area contributed by atoms with Crippen LogP contribution in [0.15, 0.2) is 47.1 Å². The van der Waals surface area contributed by atoms with Crippen molar-refractivity contribution in [2.45, 2.75) is 6.92 Å². The topological polar surface area (TPSA) is 37.8 Å². The van der Waals surface area contributed by atoms with Gasteiger partial charge in [0.1, 0.15) is 5.82 Å². The number of halogens is 2. The van der Waals surface area contributed by atoms with Crippen LogP contribution in [-0.2, 0) is 0 Å². The highest BCUT2D eigenvalue weighted by Gasteiger charge is 2.07. The van der Waals surface area contributed by atoms with Crippen molar-refractivity contribution in [2.75, 3.05) is 5.32 Å². The molecule has 0 unspecified atom stereocenters. The highest BCUT2D eigenvalue weighted by atomic mass is 79.9. The van der Waals surface area contributed by atoms with E-state index in [1.54, 1.807) is 6.20 Å². The summed E-state index contributed by atoms with van der Waals surface area (Å²) < 4.78 is 0.988. The van der Waals surface area contributed by atoms with Gasteiger partial charge in [0, 0.05) is 16.1 Å². The summed E-state index contributed by atoms with van der Waals surface area (Å²) in [6.07, 6.45) is 1.75. The maximum Gasteiger partial charge on any atom is 0.130 e. The van der Waals surface area contributed by atoms with E-state index >= 15 is 0 Å². The molecular formula is C15H11BrClN3. The van der Waals surface area contributed by atoms with Crippen LogP contribution in [0.25, 0.3) is 10.9 Å². The zero-order chi connectivity index (χ0) is 14.1. The standard InChI is InChI=1S/C15H11BrClN3/c1-9-11(16)4-7-14(19-9)20-13-6-5-12(17)10-3-2-8-18-15(10)13/h2-8H,1H3,(H,19,20). The fourth-order valence-electron chi connectivity index (χ4n) is 1.99. The Kier molecular flexibility index (Phi) is 3.59. The Hall–Kier alpha value is -1.65. The van der Waals surface area contributed by atoms with Gasteiger partial charge < -0.3 is 5.32 Å². The van der Waals surface area contributed by atoms with Crippen LogP contribution in [0.2, 0.25) is 5.02 Å². The molecule has 0 saturated carbocycles. The van der Waals surface area contributed by atoms with Crippen molar-refractivity contribution in [1.29, 1.82) is 0 Å². The molecule has 0 amide bonds. The Balaban J connectivity index is 2.06. The smallest absolute Gasteiger partial charge is 0.130 e. The zero-order valence-corrected chi connectivity index (χ0v) is 13.0. The van der Waals surface area contributed by atoms with E-state index in [0.29, 0.717) is 5.02 Å². The molecule has 20 heavy (non-hydrogen) atoms. The summed E-state index contributed by atoms with van der Waals surface area (Å²) in [6, 6.07) is 11.5. The minimum absolute atomic E-state index is 0.693. The van der Waals surface area contributed by atoms with E-state index in [1.807, 2.05) is 43.3 Å². The summed E-state index contributed by atoms with van der Waals surface area (Å²) in [5.41, 5.74) is 2.66. The fraction of sp³-hybridized carbons (Fsp3) is 0.0667. The summed E-state index contributed by atoms with van der Waals surface area (Å²) >= 11 is 9.63. The fourth-order valence-corrected chi connectivity index (χ4v) is 2.43. The summed E-state index contributed by atoms with van der Waals surface area (Å²) in [5, 5.41) is 4.91. The van der Waals surface area contributed by atoms with Crippen molar-refractivity contribution >= 4 is 49.9 Å². The molecule has 3 nitrogen and oxygen atoms in total. The van der Waals surface area contributed by atoms with Crippen LogP contribution < -0.4 is 5.32 Å². The van der Waals surface area contributed by atoms with Crippen LogP contribution in [0.1, 0.15) is 5.69 Å². The highest BCUT2D eigenvalue weighted by Crippen LogP contribution is 2.30. The number of hydrogen-bond acceptors (Lipinski definition) is 3. The molecular weight excluding hydrogens is 338 g/mol. The van der Waals surface area contributed by atoms with Gasteiger partial charge in [-0.1, -0.05) is 11.6 Å². The molecule has 2 heterocycles. The van der Waals surface area contributed by atoms with Gasteiger partial charge in [-0.25, -0.2) is 4.98 Å². The first-order valence-electron chi connectivity index (χ1n) is 6.08. The van der Waals surface area contributed by atoms with E-state index in [4.69, 9.17) is 11.6 Å². The first-order valence-corrected chi connectivity index (χ1v) is 7.25. The summed E-state index contributed by atoms with van der Waals surface area (Å²) in [6.45, 7) is 1.95. The molecule has 0 bridgehead atoms. The molecule has 0 fully saturated rings. The molecule has 0 radical (unpaired) electrons. The molecule has 1 aromatic carbocycles. The summed E-state index contributed by atoms with van der Waals surface area (Å²) in [7, 11) is 0. The molecule has 0 aliphatic rings. The molecule has 100 valence electrons. The average Bonchev–Trinajstić information content (AvgIpc) is 2.46. The molecule has 0 spiro atoms. The van der Waals surface area contributed by atoms with Crippen molar-refractivity contribution in [1.82, 2.24) is 9.97 Å². The molecule has 3 rings (SSSR count).